The Morgan fingerprint density at radius 1 is 1.29 bits per heavy atom. The molecule has 2 N–H and O–H groups in total. The second kappa shape index (κ2) is 10.7. The van der Waals surface area contributed by atoms with E-state index in [4.69, 9.17) is 26.2 Å². The lowest BCUT2D eigenvalue weighted by Crippen LogP contribution is -2.31. The van der Waals surface area contributed by atoms with Crippen molar-refractivity contribution in [2.24, 2.45) is 5.92 Å². The van der Waals surface area contributed by atoms with Crippen LogP contribution in [0.3, 0.4) is 0 Å². The standard InChI is InChI=1S/C24H22ClN3O5S/c1-14(28-22(29)16-8-9-26-20(10-16)23(30)31)2-6-18-12-27-24(34-18)33-21-7-5-17(11-19(21)25)32-13-15-3-4-15/h2,5-12,14-15H,3-4,13H2,1H3,(H,28,29)(H,30,31)/t14-/m0/s1. The number of ether oxygens (including phenoxy) is 2. The number of thiazole rings is 1. The number of carboxylic acids is 1. The maximum absolute atomic E-state index is 12.4. The van der Waals surface area contributed by atoms with Gasteiger partial charge in [0.15, 0.2) is 0 Å². The van der Waals surface area contributed by atoms with E-state index in [1.165, 1.54) is 42.5 Å². The van der Waals surface area contributed by atoms with E-state index in [2.05, 4.69) is 15.3 Å². The number of hydrogen-bond acceptors (Lipinski definition) is 7. The molecule has 4 rings (SSSR count). The lowest BCUT2D eigenvalue weighted by molar-refractivity contribution is 0.0690. The van der Waals surface area contributed by atoms with Crippen molar-refractivity contribution >= 4 is 40.9 Å². The summed E-state index contributed by atoms with van der Waals surface area (Å²) in [7, 11) is 0. The van der Waals surface area contributed by atoms with Crippen LogP contribution in [0.5, 0.6) is 16.7 Å². The molecule has 0 spiro atoms. The molecule has 8 nitrogen and oxygen atoms in total. The monoisotopic (exact) mass is 499 g/mol. The highest BCUT2D eigenvalue weighted by Crippen LogP contribution is 2.35. The lowest BCUT2D eigenvalue weighted by atomic mass is 10.2. The van der Waals surface area contributed by atoms with E-state index in [1.807, 2.05) is 12.1 Å². The van der Waals surface area contributed by atoms with Crippen LogP contribution in [0, 0.1) is 5.92 Å². The van der Waals surface area contributed by atoms with E-state index >= 15 is 0 Å². The average Bonchev–Trinajstić information content (AvgIpc) is 3.55. The largest absolute Gasteiger partial charge is 0.493 e. The van der Waals surface area contributed by atoms with Gasteiger partial charge in [0.05, 0.1) is 16.5 Å². The molecule has 1 aliphatic carbocycles. The number of carbonyl (C=O) groups excluding carboxylic acids is 1. The van der Waals surface area contributed by atoms with Gasteiger partial charge >= 0.3 is 5.97 Å². The molecule has 0 saturated heterocycles. The van der Waals surface area contributed by atoms with E-state index in [1.54, 1.807) is 31.3 Å². The second-order valence-electron chi connectivity index (χ2n) is 7.83. The van der Waals surface area contributed by atoms with Gasteiger partial charge in [0, 0.05) is 30.1 Å². The van der Waals surface area contributed by atoms with Crippen LogP contribution in [0.4, 0.5) is 0 Å². The summed E-state index contributed by atoms with van der Waals surface area (Å²) in [6.07, 6.45) is 9.01. The number of nitrogens with one attached hydrogen (secondary N) is 1. The van der Waals surface area contributed by atoms with Crippen molar-refractivity contribution in [3.63, 3.8) is 0 Å². The maximum atomic E-state index is 12.4. The smallest absolute Gasteiger partial charge is 0.354 e. The number of pyridine rings is 1. The number of benzene rings is 1. The van der Waals surface area contributed by atoms with Crippen LogP contribution in [0.2, 0.25) is 5.02 Å². The fourth-order valence-electron chi connectivity index (χ4n) is 2.91. The summed E-state index contributed by atoms with van der Waals surface area (Å²) >= 11 is 7.66. The summed E-state index contributed by atoms with van der Waals surface area (Å²) in [5, 5.41) is 12.7. The molecule has 0 unspecified atom stereocenters. The Morgan fingerprint density at radius 3 is 2.85 bits per heavy atom. The number of amides is 1. The van der Waals surface area contributed by atoms with Crippen LogP contribution in [-0.4, -0.2) is 39.6 Å². The highest BCUT2D eigenvalue weighted by Gasteiger charge is 2.22. The second-order valence-corrected chi connectivity index (χ2v) is 9.27. The molecule has 1 atom stereocenters. The number of hydrogen-bond donors (Lipinski definition) is 2. The lowest BCUT2D eigenvalue weighted by Gasteiger charge is -2.09. The Kier molecular flexibility index (Phi) is 7.44. The third-order valence-corrected chi connectivity index (χ3v) is 6.07. The van der Waals surface area contributed by atoms with Crippen molar-refractivity contribution in [1.82, 2.24) is 15.3 Å². The summed E-state index contributed by atoms with van der Waals surface area (Å²) in [5.41, 5.74) is 0.0375. The number of halogens is 1. The summed E-state index contributed by atoms with van der Waals surface area (Å²) < 4.78 is 11.5. The first-order valence-corrected chi connectivity index (χ1v) is 11.8. The highest BCUT2D eigenvalue weighted by molar-refractivity contribution is 7.14. The molecular formula is C24H22ClN3O5S. The molecule has 0 radical (unpaired) electrons. The van der Waals surface area contributed by atoms with Gasteiger partial charge in [-0.1, -0.05) is 29.0 Å². The van der Waals surface area contributed by atoms with Crippen LogP contribution in [0.25, 0.3) is 6.08 Å². The first-order valence-electron chi connectivity index (χ1n) is 10.6. The normalized spacial score (nSPS) is 14.1. The molecule has 1 aliphatic rings. The fourth-order valence-corrected chi connectivity index (χ4v) is 3.81. The molecule has 176 valence electrons. The van der Waals surface area contributed by atoms with Crippen LogP contribution >= 0.6 is 22.9 Å². The molecule has 3 aromatic rings. The Balaban J connectivity index is 1.31. The molecule has 1 saturated carbocycles. The van der Waals surface area contributed by atoms with Gasteiger partial charge in [-0.05, 0) is 56.0 Å². The van der Waals surface area contributed by atoms with Gasteiger partial charge in [-0.15, -0.1) is 0 Å². The van der Waals surface area contributed by atoms with Crippen LogP contribution in [0.15, 0.2) is 48.8 Å². The first-order chi connectivity index (χ1) is 16.4. The zero-order chi connectivity index (χ0) is 24.1. The zero-order valence-corrected chi connectivity index (χ0v) is 19.8. The van der Waals surface area contributed by atoms with Gasteiger partial charge in [0.2, 0.25) is 0 Å². The Labute approximate surface area is 205 Å². The van der Waals surface area contributed by atoms with Crippen LogP contribution < -0.4 is 14.8 Å². The minimum Gasteiger partial charge on any atom is -0.493 e. The molecule has 0 bridgehead atoms. The van der Waals surface area contributed by atoms with Crippen LogP contribution in [0.1, 0.15) is 45.5 Å². The van der Waals surface area contributed by atoms with Crippen molar-refractivity contribution in [1.29, 1.82) is 0 Å². The van der Waals surface area contributed by atoms with E-state index in [0.717, 1.165) is 4.88 Å². The molecular weight excluding hydrogens is 478 g/mol. The Morgan fingerprint density at radius 2 is 2.12 bits per heavy atom. The molecule has 2 heterocycles. The number of rotatable bonds is 10. The summed E-state index contributed by atoms with van der Waals surface area (Å²) in [6.45, 7) is 2.52. The summed E-state index contributed by atoms with van der Waals surface area (Å²) in [6, 6.07) is 7.71. The topological polar surface area (TPSA) is 111 Å². The number of aromatic nitrogens is 2. The Bertz CT molecular complexity index is 1220. The number of carbonyl (C=O) groups is 2. The van der Waals surface area contributed by atoms with Crippen molar-refractivity contribution < 1.29 is 24.2 Å². The average molecular weight is 500 g/mol. The van der Waals surface area contributed by atoms with Crippen molar-refractivity contribution in [3.8, 4) is 16.7 Å². The van der Waals surface area contributed by atoms with Gasteiger partial charge in [0.1, 0.15) is 17.2 Å². The quantitative estimate of drug-likeness (QED) is 0.389. The minimum atomic E-state index is -1.19. The van der Waals surface area contributed by atoms with Gasteiger partial charge < -0.3 is 19.9 Å². The van der Waals surface area contributed by atoms with Gasteiger partial charge in [-0.3, -0.25) is 4.79 Å². The maximum Gasteiger partial charge on any atom is 0.354 e. The van der Waals surface area contributed by atoms with Gasteiger partial charge in [0.25, 0.3) is 11.1 Å². The minimum absolute atomic E-state index is 0.187. The predicted molar refractivity (Wildman–Crippen MR) is 129 cm³/mol. The van der Waals surface area contributed by atoms with Gasteiger partial charge in [-0.25, -0.2) is 14.8 Å². The fraction of sp³-hybridized carbons (Fsp3) is 0.250. The zero-order valence-electron chi connectivity index (χ0n) is 18.2. The number of nitrogens with zero attached hydrogens (tertiary/aromatic N) is 2. The predicted octanol–water partition coefficient (Wildman–Crippen LogP) is 5.30. The number of aromatic carboxylic acids is 1. The molecule has 2 aromatic heterocycles. The van der Waals surface area contributed by atoms with Crippen molar-refractivity contribution in [3.05, 3.63) is 70.0 Å². The van der Waals surface area contributed by atoms with Crippen LogP contribution in [-0.2, 0) is 0 Å². The molecule has 1 amide bonds. The number of carboxylic acid groups (broad SMARTS) is 1. The van der Waals surface area contributed by atoms with E-state index in [9.17, 15) is 9.59 Å². The molecule has 34 heavy (non-hydrogen) atoms. The molecule has 0 aliphatic heterocycles. The summed E-state index contributed by atoms with van der Waals surface area (Å²) in [5.74, 6) is 0.283. The summed E-state index contributed by atoms with van der Waals surface area (Å²) in [4.78, 5) is 32.2. The van der Waals surface area contributed by atoms with E-state index in [0.29, 0.717) is 34.2 Å². The SMILES string of the molecule is C[C@@H](C=Cc1cnc(Oc2ccc(OCC3CC3)cc2Cl)s1)NC(=O)c1ccnc(C(=O)O)c1. The van der Waals surface area contributed by atoms with E-state index in [-0.39, 0.29) is 17.3 Å². The molecule has 1 aromatic carbocycles. The highest BCUT2D eigenvalue weighted by atomic mass is 35.5. The molecule has 10 heteroatoms. The Hall–Kier alpha value is -3.43. The molecule has 1 fully saturated rings. The first kappa shape index (κ1) is 23.7. The third kappa shape index (κ3) is 6.55. The van der Waals surface area contributed by atoms with Crippen molar-refractivity contribution in [2.75, 3.05) is 6.61 Å². The van der Waals surface area contributed by atoms with Gasteiger partial charge in [-0.2, -0.15) is 0 Å². The third-order valence-electron chi connectivity index (χ3n) is 4.93. The van der Waals surface area contributed by atoms with E-state index < -0.39 is 11.9 Å². The van der Waals surface area contributed by atoms with Crippen molar-refractivity contribution in [2.45, 2.75) is 25.8 Å².